The zero-order chi connectivity index (χ0) is 13.9. The molecular formula is C16H13BrClNO. The second kappa shape index (κ2) is 5.90. The molecule has 0 radical (unpaired) electrons. The van der Waals surface area contributed by atoms with Gasteiger partial charge in [-0.15, -0.1) is 0 Å². The van der Waals surface area contributed by atoms with E-state index in [1.54, 1.807) is 0 Å². The average molecular weight is 351 g/mol. The summed E-state index contributed by atoms with van der Waals surface area (Å²) in [5.41, 5.74) is 1.17. The molecule has 0 aliphatic rings. The molecule has 2 aromatic carbocycles. The van der Waals surface area contributed by atoms with Gasteiger partial charge < -0.3 is 9.30 Å². The summed E-state index contributed by atoms with van der Waals surface area (Å²) in [4.78, 5) is 0. The lowest BCUT2D eigenvalue weighted by Gasteiger charge is -2.08. The summed E-state index contributed by atoms with van der Waals surface area (Å²) in [6.07, 6.45) is 2.06. The fraction of sp³-hybridized carbons (Fsp3) is 0.125. The molecule has 2 nitrogen and oxygen atoms in total. The van der Waals surface area contributed by atoms with E-state index in [1.165, 1.54) is 5.52 Å². The summed E-state index contributed by atoms with van der Waals surface area (Å²) >= 11 is 9.42. The average Bonchev–Trinajstić information content (AvgIpc) is 2.81. The van der Waals surface area contributed by atoms with Crippen LogP contribution in [0.15, 0.2) is 59.2 Å². The number of nitrogens with zero attached hydrogens (tertiary/aromatic N) is 1. The highest BCUT2D eigenvalue weighted by atomic mass is 79.9. The number of benzene rings is 2. The van der Waals surface area contributed by atoms with Crippen molar-refractivity contribution in [3.63, 3.8) is 0 Å². The van der Waals surface area contributed by atoms with Crippen LogP contribution < -0.4 is 4.74 Å². The summed E-state index contributed by atoms with van der Waals surface area (Å²) in [6, 6.07) is 15.9. The summed E-state index contributed by atoms with van der Waals surface area (Å²) in [7, 11) is 0. The fourth-order valence-corrected chi connectivity index (χ4v) is 2.74. The van der Waals surface area contributed by atoms with E-state index in [9.17, 15) is 0 Å². The van der Waals surface area contributed by atoms with E-state index in [0.29, 0.717) is 6.61 Å². The topological polar surface area (TPSA) is 14.2 Å². The minimum absolute atomic E-state index is 0.628. The molecule has 0 bridgehead atoms. The maximum Gasteiger partial charge on any atom is 0.120 e. The van der Waals surface area contributed by atoms with Gasteiger partial charge in [-0.25, -0.2) is 0 Å². The van der Waals surface area contributed by atoms with Crippen LogP contribution in [0.5, 0.6) is 5.75 Å². The van der Waals surface area contributed by atoms with Crippen LogP contribution in [0.1, 0.15) is 0 Å². The predicted molar refractivity (Wildman–Crippen MR) is 86.6 cm³/mol. The molecule has 0 amide bonds. The van der Waals surface area contributed by atoms with Crippen molar-refractivity contribution < 1.29 is 4.74 Å². The maximum atomic E-state index is 5.99. The molecule has 0 fully saturated rings. The van der Waals surface area contributed by atoms with Crippen LogP contribution in [0.2, 0.25) is 5.02 Å². The van der Waals surface area contributed by atoms with E-state index in [1.807, 2.05) is 42.5 Å². The second-order valence-electron chi connectivity index (χ2n) is 4.52. The van der Waals surface area contributed by atoms with E-state index < -0.39 is 0 Å². The normalized spacial score (nSPS) is 10.9. The maximum absolute atomic E-state index is 5.99. The van der Waals surface area contributed by atoms with Crippen molar-refractivity contribution >= 4 is 38.4 Å². The first-order chi connectivity index (χ1) is 9.72. The molecule has 3 rings (SSSR count). The fourth-order valence-electron chi connectivity index (χ4n) is 2.18. The summed E-state index contributed by atoms with van der Waals surface area (Å²) in [5.74, 6) is 0.874. The third kappa shape index (κ3) is 3.00. The Labute approximate surface area is 131 Å². The third-order valence-electron chi connectivity index (χ3n) is 3.13. The highest BCUT2D eigenvalue weighted by Crippen LogP contribution is 2.21. The predicted octanol–water partition coefficient (Wildman–Crippen LogP) is 5.14. The van der Waals surface area contributed by atoms with Crippen molar-refractivity contribution in [3.05, 3.63) is 64.2 Å². The van der Waals surface area contributed by atoms with Gasteiger partial charge in [0.05, 0.1) is 6.54 Å². The Hall–Kier alpha value is -1.45. The Bertz CT molecular complexity index is 738. The van der Waals surface area contributed by atoms with Gasteiger partial charge in [0, 0.05) is 26.6 Å². The molecule has 20 heavy (non-hydrogen) atoms. The molecule has 1 heterocycles. The summed E-state index contributed by atoms with van der Waals surface area (Å²) in [6.45, 7) is 1.43. The molecule has 0 saturated carbocycles. The number of halogens is 2. The Morgan fingerprint density at radius 1 is 1.10 bits per heavy atom. The summed E-state index contributed by atoms with van der Waals surface area (Å²) < 4.78 is 8.95. The van der Waals surface area contributed by atoms with Crippen LogP contribution in [0.25, 0.3) is 10.9 Å². The molecule has 3 aromatic rings. The third-order valence-corrected chi connectivity index (χ3v) is 3.86. The highest BCUT2D eigenvalue weighted by molar-refractivity contribution is 9.10. The number of rotatable bonds is 4. The Morgan fingerprint density at radius 2 is 2.00 bits per heavy atom. The van der Waals surface area contributed by atoms with Crippen LogP contribution in [0.3, 0.4) is 0 Å². The quantitative estimate of drug-likeness (QED) is 0.636. The second-order valence-corrected chi connectivity index (χ2v) is 5.87. The number of fused-ring (bicyclic) bond motifs is 1. The summed E-state index contributed by atoms with van der Waals surface area (Å²) in [5, 5.41) is 1.92. The zero-order valence-corrected chi connectivity index (χ0v) is 13.1. The SMILES string of the molecule is Clc1ccc2c(ccn2CCOc2cccc(Br)c2)c1. The van der Waals surface area contributed by atoms with Gasteiger partial charge in [-0.3, -0.25) is 0 Å². The number of hydrogen-bond acceptors (Lipinski definition) is 1. The van der Waals surface area contributed by atoms with Gasteiger partial charge in [-0.2, -0.15) is 0 Å². The largest absolute Gasteiger partial charge is 0.492 e. The van der Waals surface area contributed by atoms with E-state index in [2.05, 4.69) is 32.8 Å². The van der Waals surface area contributed by atoms with Gasteiger partial charge in [0.15, 0.2) is 0 Å². The minimum atomic E-state index is 0.628. The first-order valence-electron chi connectivity index (χ1n) is 6.35. The smallest absolute Gasteiger partial charge is 0.120 e. The van der Waals surface area contributed by atoms with Crippen LogP contribution in [0.4, 0.5) is 0 Å². The lowest BCUT2D eigenvalue weighted by atomic mass is 10.2. The van der Waals surface area contributed by atoms with Crippen molar-refractivity contribution in [1.29, 1.82) is 0 Å². The van der Waals surface area contributed by atoms with Crippen molar-refractivity contribution in [1.82, 2.24) is 4.57 Å². The van der Waals surface area contributed by atoms with Gasteiger partial charge in [-0.05, 0) is 42.5 Å². The monoisotopic (exact) mass is 349 g/mol. The van der Waals surface area contributed by atoms with Crippen LogP contribution in [-0.4, -0.2) is 11.2 Å². The standard InChI is InChI=1S/C16H13BrClNO/c17-13-2-1-3-15(11-13)20-9-8-19-7-6-12-10-14(18)4-5-16(12)19/h1-7,10-11H,8-9H2. The molecule has 0 saturated heterocycles. The molecule has 0 unspecified atom stereocenters. The number of ether oxygens (including phenoxy) is 1. The number of aromatic nitrogens is 1. The first kappa shape index (κ1) is 13.5. The molecule has 4 heteroatoms. The van der Waals surface area contributed by atoms with Crippen LogP contribution in [0, 0.1) is 0 Å². The van der Waals surface area contributed by atoms with E-state index in [4.69, 9.17) is 16.3 Å². The Balaban J connectivity index is 1.68. The van der Waals surface area contributed by atoms with Gasteiger partial charge in [0.2, 0.25) is 0 Å². The molecule has 0 atom stereocenters. The van der Waals surface area contributed by atoms with Gasteiger partial charge in [0.25, 0.3) is 0 Å². The number of hydrogen-bond donors (Lipinski definition) is 0. The van der Waals surface area contributed by atoms with E-state index >= 15 is 0 Å². The molecular weight excluding hydrogens is 338 g/mol. The van der Waals surface area contributed by atoms with Crippen LogP contribution in [-0.2, 0) is 6.54 Å². The van der Waals surface area contributed by atoms with Crippen molar-refractivity contribution in [2.24, 2.45) is 0 Å². The lowest BCUT2D eigenvalue weighted by Crippen LogP contribution is -2.07. The van der Waals surface area contributed by atoms with Crippen molar-refractivity contribution in [3.8, 4) is 5.75 Å². The molecule has 1 aromatic heterocycles. The zero-order valence-electron chi connectivity index (χ0n) is 10.7. The van der Waals surface area contributed by atoms with E-state index in [-0.39, 0.29) is 0 Å². The highest BCUT2D eigenvalue weighted by Gasteiger charge is 2.02. The molecule has 0 spiro atoms. The van der Waals surface area contributed by atoms with E-state index in [0.717, 1.165) is 27.2 Å². The van der Waals surface area contributed by atoms with Crippen molar-refractivity contribution in [2.75, 3.05) is 6.61 Å². The first-order valence-corrected chi connectivity index (χ1v) is 7.52. The molecule has 0 N–H and O–H groups in total. The molecule has 102 valence electrons. The van der Waals surface area contributed by atoms with Gasteiger partial charge in [0.1, 0.15) is 12.4 Å². The Morgan fingerprint density at radius 3 is 2.85 bits per heavy atom. The van der Waals surface area contributed by atoms with Gasteiger partial charge >= 0.3 is 0 Å². The molecule has 0 aliphatic carbocycles. The van der Waals surface area contributed by atoms with Crippen molar-refractivity contribution in [2.45, 2.75) is 6.54 Å². The Kier molecular flexibility index (Phi) is 3.99. The van der Waals surface area contributed by atoms with Crippen LogP contribution >= 0.6 is 27.5 Å². The van der Waals surface area contributed by atoms with Gasteiger partial charge in [-0.1, -0.05) is 33.6 Å². The molecule has 0 aliphatic heterocycles. The minimum Gasteiger partial charge on any atom is -0.492 e. The lowest BCUT2D eigenvalue weighted by molar-refractivity contribution is 0.300.